The quantitative estimate of drug-likeness (QED) is 0.360. The summed E-state index contributed by atoms with van der Waals surface area (Å²) in [5.41, 5.74) is 2.32. The summed E-state index contributed by atoms with van der Waals surface area (Å²) in [4.78, 5) is 17.9. The Labute approximate surface area is 184 Å². The number of rotatable bonds is 7. The lowest BCUT2D eigenvalue weighted by Gasteiger charge is -2.12. The first-order chi connectivity index (χ1) is 15.1. The van der Waals surface area contributed by atoms with Gasteiger partial charge in [-0.1, -0.05) is 35.0 Å². The fraction of sp³-hybridized carbons (Fsp3) is 0.125. The Morgan fingerprint density at radius 1 is 1.00 bits per heavy atom. The maximum absolute atomic E-state index is 12.8. The number of aromatic nitrogens is 2. The van der Waals surface area contributed by atoms with Crippen molar-refractivity contribution in [3.05, 3.63) is 95.6 Å². The highest BCUT2D eigenvalue weighted by atomic mass is 32.2. The molecule has 0 aliphatic carbocycles. The Morgan fingerprint density at radius 2 is 1.74 bits per heavy atom. The van der Waals surface area contributed by atoms with Gasteiger partial charge >= 0.3 is 0 Å². The molecule has 0 radical (unpaired) electrons. The lowest BCUT2D eigenvalue weighted by Crippen LogP contribution is -2.12. The molecule has 0 bridgehead atoms. The van der Waals surface area contributed by atoms with E-state index in [1.54, 1.807) is 30.8 Å². The summed E-state index contributed by atoms with van der Waals surface area (Å²) in [7, 11) is 0. The molecule has 7 heteroatoms. The SMILES string of the molecule is Cc1ccc(Oc2ccccc2NC(=O)c2ccc(SCc3nc(C)no3)cc2)cc1. The van der Waals surface area contributed by atoms with Crippen molar-refractivity contribution >= 4 is 23.4 Å². The molecule has 0 aliphatic rings. The molecule has 6 nitrogen and oxygen atoms in total. The third kappa shape index (κ3) is 5.52. The summed E-state index contributed by atoms with van der Waals surface area (Å²) in [5.74, 6) is 2.87. The fourth-order valence-corrected chi connectivity index (χ4v) is 3.57. The van der Waals surface area contributed by atoms with Gasteiger partial charge in [0.25, 0.3) is 5.91 Å². The van der Waals surface area contributed by atoms with Gasteiger partial charge < -0.3 is 14.6 Å². The molecule has 0 saturated carbocycles. The molecule has 0 aliphatic heterocycles. The molecule has 4 rings (SSSR count). The number of amides is 1. The van der Waals surface area contributed by atoms with Crippen molar-refractivity contribution in [1.82, 2.24) is 10.1 Å². The largest absolute Gasteiger partial charge is 0.455 e. The minimum Gasteiger partial charge on any atom is -0.455 e. The topological polar surface area (TPSA) is 77.2 Å². The van der Waals surface area contributed by atoms with E-state index in [9.17, 15) is 4.79 Å². The van der Waals surface area contributed by atoms with Crippen LogP contribution in [0.1, 0.15) is 27.6 Å². The van der Waals surface area contributed by atoms with Gasteiger partial charge in [-0.05, 0) is 62.4 Å². The van der Waals surface area contributed by atoms with Crippen molar-refractivity contribution in [2.24, 2.45) is 0 Å². The number of nitrogens with one attached hydrogen (secondary N) is 1. The van der Waals surface area contributed by atoms with E-state index in [4.69, 9.17) is 9.26 Å². The second kappa shape index (κ2) is 9.49. The molecule has 0 saturated heterocycles. The summed E-state index contributed by atoms with van der Waals surface area (Å²) in [6.45, 7) is 3.81. The number of aryl methyl sites for hydroxylation is 2. The summed E-state index contributed by atoms with van der Waals surface area (Å²) < 4.78 is 11.1. The Balaban J connectivity index is 1.40. The second-order valence-corrected chi connectivity index (χ2v) is 7.96. The van der Waals surface area contributed by atoms with Crippen molar-refractivity contribution in [2.75, 3.05) is 5.32 Å². The number of para-hydroxylation sites is 2. The van der Waals surface area contributed by atoms with Gasteiger partial charge in [-0.3, -0.25) is 4.79 Å². The highest BCUT2D eigenvalue weighted by molar-refractivity contribution is 7.98. The molecule has 1 amide bonds. The fourth-order valence-electron chi connectivity index (χ4n) is 2.83. The van der Waals surface area contributed by atoms with Crippen LogP contribution in [0.25, 0.3) is 0 Å². The number of thioether (sulfide) groups is 1. The van der Waals surface area contributed by atoms with Crippen LogP contribution >= 0.6 is 11.8 Å². The van der Waals surface area contributed by atoms with E-state index in [-0.39, 0.29) is 5.91 Å². The molecular weight excluding hydrogens is 410 g/mol. The van der Waals surface area contributed by atoms with Gasteiger partial charge in [0.15, 0.2) is 11.6 Å². The third-order valence-electron chi connectivity index (χ3n) is 4.43. The second-order valence-electron chi connectivity index (χ2n) is 6.91. The molecule has 0 fully saturated rings. The Morgan fingerprint density at radius 3 is 2.45 bits per heavy atom. The highest BCUT2D eigenvalue weighted by Gasteiger charge is 2.11. The molecule has 0 unspecified atom stereocenters. The van der Waals surface area contributed by atoms with E-state index in [1.165, 1.54) is 0 Å². The van der Waals surface area contributed by atoms with Gasteiger partial charge in [-0.2, -0.15) is 4.98 Å². The molecule has 1 N–H and O–H groups in total. The van der Waals surface area contributed by atoms with Crippen LogP contribution in [-0.2, 0) is 5.75 Å². The molecule has 0 spiro atoms. The molecular formula is C24H21N3O3S. The van der Waals surface area contributed by atoms with Crippen molar-refractivity contribution in [1.29, 1.82) is 0 Å². The lowest BCUT2D eigenvalue weighted by molar-refractivity contribution is 0.102. The predicted molar refractivity (Wildman–Crippen MR) is 121 cm³/mol. The molecule has 156 valence electrons. The highest BCUT2D eigenvalue weighted by Crippen LogP contribution is 2.30. The number of benzene rings is 3. The Hall–Kier alpha value is -3.58. The van der Waals surface area contributed by atoms with Gasteiger partial charge in [0.05, 0.1) is 11.4 Å². The monoisotopic (exact) mass is 431 g/mol. The maximum atomic E-state index is 12.8. The first-order valence-corrected chi connectivity index (χ1v) is 10.7. The van der Waals surface area contributed by atoms with Crippen LogP contribution in [0.15, 0.2) is 82.2 Å². The van der Waals surface area contributed by atoms with E-state index in [1.807, 2.05) is 67.6 Å². The first kappa shape index (κ1) is 20.7. The van der Waals surface area contributed by atoms with Crippen LogP contribution in [-0.4, -0.2) is 16.0 Å². The Kier molecular flexibility index (Phi) is 6.33. The van der Waals surface area contributed by atoms with Crippen LogP contribution in [0.5, 0.6) is 11.5 Å². The predicted octanol–water partition coefficient (Wildman–Crippen LogP) is 6.02. The van der Waals surface area contributed by atoms with Crippen LogP contribution in [0.2, 0.25) is 0 Å². The van der Waals surface area contributed by atoms with E-state index < -0.39 is 0 Å². The maximum Gasteiger partial charge on any atom is 0.255 e. The van der Waals surface area contributed by atoms with Gasteiger partial charge in [-0.15, -0.1) is 11.8 Å². The van der Waals surface area contributed by atoms with Crippen molar-refractivity contribution in [3.63, 3.8) is 0 Å². The first-order valence-electron chi connectivity index (χ1n) is 9.74. The lowest BCUT2D eigenvalue weighted by atomic mass is 10.2. The number of anilines is 1. The van der Waals surface area contributed by atoms with Crippen LogP contribution in [0.4, 0.5) is 5.69 Å². The minimum absolute atomic E-state index is 0.205. The Bertz CT molecular complexity index is 1170. The summed E-state index contributed by atoms with van der Waals surface area (Å²) in [6.07, 6.45) is 0. The number of carbonyl (C=O) groups is 1. The third-order valence-corrected chi connectivity index (χ3v) is 5.43. The molecule has 0 atom stereocenters. The van der Waals surface area contributed by atoms with Gasteiger partial charge in [0, 0.05) is 10.5 Å². The standard InChI is InChI=1S/C24H21N3O3S/c1-16-7-11-19(12-8-16)29-22-6-4-3-5-21(22)26-24(28)18-9-13-20(14-10-18)31-15-23-25-17(2)27-30-23/h3-14H,15H2,1-2H3,(H,26,28). The average molecular weight is 432 g/mol. The summed E-state index contributed by atoms with van der Waals surface area (Å²) in [5, 5.41) is 6.72. The average Bonchev–Trinajstić information content (AvgIpc) is 3.20. The van der Waals surface area contributed by atoms with Gasteiger partial charge in [0.1, 0.15) is 5.75 Å². The van der Waals surface area contributed by atoms with E-state index in [0.717, 1.165) is 10.5 Å². The minimum atomic E-state index is -0.205. The molecule has 31 heavy (non-hydrogen) atoms. The molecule has 3 aromatic carbocycles. The molecule has 1 aromatic heterocycles. The van der Waals surface area contributed by atoms with E-state index in [0.29, 0.717) is 40.2 Å². The normalized spacial score (nSPS) is 10.6. The van der Waals surface area contributed by atoms with Crippen molar-refractivity contribution in [3.8, 4) is 11.5 Å². The van der Waals surface area contributed by atoms with Crippen LogP contribution < -0.4 is 10.1 Å². The molecule has 1 heterocycles. The van der Waals surface area contributed by atoms with Crippen molar-refractivity contribution < 1.29 is 14.1 Å². The van der Waals surface area contributed by atoms with Crippen LogP contribution in [0, 0.1) is 13.8 Å². The van der Waals surface area contributed by atoms with Gasteiger partial charge in [-0.25, -0.2) is 0 Å². The van der Waals surface area contributed by atoms with Crippen molar-refractivity contribution in [2.45, 2.75) is 24.5 Å². The number of ether oxygens (including phenoxy) is 1. The number of carbonyl (C=O) groups excluding carboxylic acids is 1. The zero-order valence-electron chi connectivity index (χ0n) is 17.2. The van der Waals surface area contributed by atoms with E-state index >= 15 is 0 Å². The summed E-state index contributed by atoms with van der Waals surface area (Å²) in [6, 6.07) is 22.5. The summed E-state index contributed by atoms with van der Waals surface area (Å²) >= 11 is 1.57. The van der Waals surface area contributed by atoms with Gasteiger partial charge in [0.2, 0.25) is 5.89 Å². The zero-order chi connectivity index (χ0) is 21.6. The number of nitrogens with zero attached hydrogens (tertiary/aromatic N) is 2. The number of hydrogen-bond acceptors (Lipinski definition) is 6. The zero-order valence-corrected chi connectivity index (χ0v) is 18.0. The molecule has 4 aromatic rings. The van der Waals surface area contributed by atoms with E-state index in [2.05, 4.69) is 15.5 Å². The smallest absolute Gasteiger partial charge is 0.255 e. The number of hydrogen-bond donors (Lipinski definition) is 1. The van der Waals surface area contributed by atoms with Crippen LogP contribution in [0.3, 0.4) is 0 Å².